The highest BCUT2D eigenvalue weighted by molar-refractivity contribution is 5.79. The minimum absolute atomic E-state index is 0.257. The maximum Gasteiger partial charge on any atom is 0.236 e. The van der Waals surface area contributed by atoms with Crippen LogP contribution in [0.4, 0.5) is 0 Å². The summed E-state index contributed by atoms with van der Waals surface area (Å²) in [6.45, 7) is 9.02. The first-order valence-electron chi connectivity index (χ1n) is 6.33. The minimum Gasteiger partial charge on any atom is -0.339 e. The Balaban J connectivity index is 2.45. The minimum atomic E-state index is 0.257. The van der Waals surface area contributed by atoms with E-state index in [1.165, 1.54) is 12.8 Å². The first-order valence-corrected chi connectivity index (χ1v) is 6.33. The Morgan fingerprint density at radius 3 is 2.44 bits per heavy atom. The largest absolute Gasteiger partial charge is 0.339 e. The molecule has 4 nitrogen and oxygen atoms in total. The molecule has 1 amide bonds. The van der Waals surface area contributed by atoms with Crippen LogP contribution in [0, 0.1) is 0 Å². The molecule has 0 aromatic carbocycles. The molecular weight excluding hydrogens is 202 g/mol. The Morgan fingerprint density at radius 2 is 2.06 bits per heavy atom. The molecule has 1 fully saturated rings. The van der Waals surface area contributed by atoms with Gasteiger partial charge in [0.1, 0.15) is 0 Å². The first kappa shape index (κ1) is 13.5. The SMILES string of the molecule is CCN(C(=O)CN(CCN)C(C)C)C1CC1. The Labute approximate surface area is 98.8 Å². The van der Waals surface area contributed by atoms with E-state index in [0.29, 0.717) is 25.2 Å². The average molecular weight is 227 g/mol. The van der Waals surface area contributed by atoms with E-state index in [0.717, 1.165) is 13.1 Å². The normalized spacial score (nSPS) is 15.9. The molecule has 4 heteroatoms. The zero-order chi connectivity index (χ0) is 12.1. The second-order valence-corrected chi connectivity index (χ2v) is 4.76. The Morgan fingerprint density at radius 1 is 1.44 bits per heavy atom. The van der Waals surface area contributed by atoms with Gasteiger partial charge in [0.25, 0.3) is 0 Å². The van der Waals surface area contributed by atoms with Crippen molar-refractivity contribution >= 4 is 5.91 Å². The second-order valence-electron chi connectivity index (χ2n) is 4.76. The molecule has 0 radical (unpaired) electrons. The lowest BCUT2D eigenvalue weighted by atomic mass is 10.3. The van der Waals surface area contributed by atoms with Crippen molar-refractivity contribution in [1.82, 2.24) is 9.80 Å². The molecule has 0 unspecified atom stereocenters. The third-order valence-electron chi connectivity index (χ3n) is 3.13. The summed E-state index contributed by atoms with van der Waals surface area (Å²) < 4.78 is 0. The quantitative estimate of drug-likeness (QED) is 0.695. The number of carbonyl (C=O) groups excluding carboxylic acids is 1. The number of rotatable bonds is 7. The van der Waals surface area contributed by atoms with Gasteiger partial charge >= 0.3 is 0 Å². The summed E-state index contributed by atoms with van der Waals surface area (Å²) in [5.74, 6) is 0.257. The predicted molar refractivity (Wildman–Crippen MR) is 66.2 cm³/mol. The monoisotopic (exact) mass is 227 g/mol. The van der Waals surface area contributed by atoms with Crippen molar-refractivity contribution in [1.29, 1.82) is 0 Å². The fraction of sp³-hybridized carbons (Fsp3) is 0.917. The van der Waals surface area contributed by atoms with Gasteiger partial charge in [-0.3, -0.25) is 9.69 Å². The highest BCUT2D eigenvalue weighted by Crippen LogP contribution is 2.26. The standard InChI is InChI=1S/C12H25N3O/c1-4-15(11-5-6-11)12(16)9-14(8-7-13)10(2)3/h10-11H,4-9,13H2,1-3H3. The number of nitrogens with zero attached hydrogens (tertiary/aromatic N) is 2. The van der Waals surface area contributed by atoms with E-state index in [2.05, 4.69) is 25.7 Å². The molecule has 1 aliphatic carbocycles. The summed E-state index contributed by atoms with van der Waals surface area (Å²) >= 11 is 0. The van der Waals surface area contributed by atoms with Gasteiger partial charge in [0, 0.05) is 31.7 Å². The van der Waals surface area contributed by atoms with E-state index in [4.69, 9.17) is 5.73 Å². The number of likely N-dealkylation sites (N-methyl/N-ethyl adjacent to an activating group) is 1. The van der Waals surface area contributed by atoms with Gasteiger partial charge in [0.2, 0.25) is 5.91 Å². The number of amides is 1. The molecule has 1 aliphatic rings. The maximum absolute atomic E-state index is 12.1. The van der Waals surface area contributed by atoms with Gasteiger partial charge in [0.15, 0.2) is 0 Å². The lowest BCUT2D eigenvalue weighted by Crippen LogP contribution is -2.45. The van der Waals surface area contributed by atoms with Crippen LogP contribution in [0.25, 0.3) is 0 Å². The van der Waals surface area contributed by atoms with E-state index in [1.54, 1.807) is 0 Å². The van der Waals surface area contributed by atoms with Gasteiger partial charge in [-0.15, -0.1) is 0 Å². The summed E-state index contributed by atoms with van der Waals surface area (Å²) in [7, 11) is 0. The van der Waals surface area contributed by atoms with E-state index in [-0.39, 0.29) is 5.91 Å². The molecule has 0 heterocycles. The average Bonchev–Trinajstić information content (AvgIpc) is 3.02. The molecule has 0 aromatic rings. The Bertz CT molecular complexity index is 226. The lowest BCUT2D eigenvalue weighted by molar-refractivity contribution is -0.133. The second kappa shape index (κ2) is 6.21. The molecule has 0 atom stereocenters. The summed E-state index contributed by atoms with van der Waals surface area (Å²) in [6.07, 6.45) is 2.36. The molecule has 0 spiro atoms. The molecule has 2 N–H and O–H groups in total. The van der Waals surface area contributed by atoms with Crippen LogP contribution in [-0.4, -0.2) is 54.0 Å². The lowest BCUT2D eigenvalue weighted by Gasteiger charge is -2.29. The molecule has 16 heavy (non-hydrogen) atoms. The van der Waals surface area contributed by atoms with Gasteiger partial charge in [-0.25, -0.2) is 0 Å². The molecule has 1 rings (SSSR count). The summed E-state index contributed by atoms with van der Waals surface area (Å²) in [6, 6.07) is 0.898. The highest BCUT2D eigenvalue weighted by Gasteiger charge is 2.31. The Hall–Kier alpha value is -0.610. The topological polar surface area (TPSA) is 49.6 Å². The van der Waals surface area contributed by atoms with Gasteiger partial charge in [0.05, 0.1) is 6.54 Å². The fourth-order valence-electron chi connectivity index (χ4n) is 1.97. The molecule has 0 aliphatic heterocycles. The van der Waals surface area contributed by atoms with E-state index in [9.17, 15) is 4.79 Å². The van der Waals surface area contributed by atoms with Crippen molar-refractivity contribution in [3.63, 3.8) is 0 Å². The van der Waals surface area contributed by atoms with Crippen molar-refractivity contribution in [2.24, 2.45) is 5.73 Å². The number of carbonyl (C=O) groups is 1. The van der Waals surface area contributed by atoms with E-state index >= 15 is 0 Å². The van der Waals surface area contributed by atoms with Crippen molar-refractivity contribution in [2.45, 2.75) is 45.7 Å². The van der Waals surface area contributed by atoms with Crippen molar-refractivity contribution in [3.8, 4) is 0 Å². The zero-order valence-electron chi connectivity index (χ0n) is 10.8. The number of nitrogens with two attached hydrogens (primary N) is 1. The van der Waals surface area contributed by atoms with E-state index in [1.807, 2.05) is 4.90 Å². The van der Waals surface area contributed by atoms with Crippen molar-refractivity contribution < 1.29 is 4.79 Å². The van der Waals surface area contributed by atoms with Gasteiger partial charge in [-0.1, -0.05) is 0 Å². The van der Waals surface area contributed by atoms with Crippen LogP contribution < -0.4 is 5.73 Å². The van der Waals surface area contributed by atoms with Gasteiger partial charge < -0.3 is 10.6 Å². The third kappa shape index (κ3) is 3.76. The summed E-state index contributed by atoms with van der Waals surface area (Å²) in [5.41, 5.74) is 5.56. The third-order valence-corrected chi connectivity index (χ3v) is 3.13. The summed E-state index contributed by atoms with van der Waals surface area (Å²) in [4.78, 5) is 16.2. The fourth-order valence-corrected chi connectivity index (χ4v) is 1.97. The molecule has 0 aromatic heterocycles. The highest BCUT2D eigenvalue weighted by atomic mass is 16.2. The maximum atomic E-state index is 12.1. The smallest absolute Gasteiger partial charge is 0.236 e. The van der Waals surface area contributed by atoms with Crippen LogP contribution in [0.2, 0.25) is 0 Å². The van der Waals surface area contributed by atoms with Crippen LogP contribution in [0.15, 0.2) is 0 Å². The van der Waals surface area contributed by atoms with Gasteiger partial charge in [-0.2, -0.15) is 0 Å². The van der Waals surface area contributed by atoms with Crippen LogP contribution >= 0.6 is 0 Å². The van der Waals surface area contributed by atoms with Crippen molar-refractivity contribution in [2.75, 3.05) is 26.2 Å². The van der Waals surface area contributed by atoms with Crippen LogP contribution in [0.5, 0.6) is 0 Å². The molecule has 0 bridgehead atoms. The summed E-state index contributed by atoms with van der Waals surface area (Å²) in [5, 5.41) is 0. The van der Waals surface area contributed by atoms with E-state index < -0.39 is 0 Å². The molecule has 0 saturated heterocycles. The van der Waals surface area contributed by atoms with Crippen LogP contribution in [-0.2, 0) is 4.79 Å². The molecular formula is C12H25N3O. The Kier molecular flexibility index (Phi) is 5.22. The first-order chi connectivity index (χ1) is 7.60. The number of hydrogen-bond donors (Lipinski definition) is 1. The molecule has 94 valence electrons. The van der Waals surface area contributed by atoms with Crippen LogP contribution in [0.1, 0.15) is 33.6 Å². The van der Waals surface area contributed by atoms with Gasteiger partial charge in [-0.05, 0) is 33.6 Å². The number of hydrogen-bond acceptors (Lipinski definition) is 3. The van der Waals surface area contributed by atoms with Crippen LogP contribution in [0.3, 0.4) is 0 Å². The zero-order valence-corrected chi connectivity index (χ0v) is 10.8. The predicted octanol–water partition coefficient (Wildman–Crippen LogP) is 0.666. The molecule has 1 saturated carbocycles. The van der Waals surface area contributed by atoms with Crippen molar-refractivity contribution in [3.05, 3.63) is 0 Å².